The Morgan fingerprint density at radius 2 is 1.59 bits per heavy atom. The predicted molar refractivity (Wildman–Crippen MR) is 116 cm³/mol. The van der Waals surface area contributed by atoms with Gasteiger partial charge in [0.25, 0.3) is 17.3 Å². The van der Waals surface area contributed by atoms with Crippen LogP contribution in [0.2, 0.25) is 10.0 Å². The number of benzene rings is 2. The number of halogens is 2. The molecule has 160 valence electrons. The molecule has 0 saturated heterocycles. The highest BCUT2D eigenvalue weighted by atomic mass is 35.5. The minimum atomic E-state index is -0.863. The van der Waals surface area contributed by atoms with E-state index in [2.05, 4.69) is 5.32 Å². The summed E-state index contributed by atoms with van der Waals surface area (Å²) in [6.07, 6.45) is 1.18. The van der Waals surface area contributed by atoms with Crippen LogP contribution in [0.4, 0.5) is 17.1 Å². The van der Waals surface area contributed by atoms with Gasteiger partial charge in [-0.25, -0.2) is 0 Å². The van der Waals surface area contributed by atoms with Gasteiger partial charge in [0.05, 0.1) is 25.6 Å². The molecule has 0 fully saturated rings. The highest BCUT2D eigenvalue weighted by Crippen LogP contribution is 2.35. The fourth-order valence-electron chi connectivity index (χ4n) is 2.59. The molecule has 1 aromatic heterocycles. The van der Waals surface area contributed by atoms with Crippen molar-refractivity contribution in [3.63, 3.8) is 0 Å². The molecule has 1 amide bonds. The van der Waals surface area contributed by atoms with Crippen LogP contribution >= 0.6 is 23.2 Å². The smallest absolute Gasteiger partial charge is 0.272 e. The molecule has 0 bridgehead atoms. The quantitative estimate of drug-likeness (QED) is 0.211. The number of nitrogens with one attached hydrogen (secondary N) is 1. The maximum Gasteiger partial charge on any atom is 0.272 e. The molecule has 3 rings (SSSR count). The highest BCUT2D eigenvalue weighted by molar-refractivity contribution is 6.40. The van der Waals surface area contributed by atoms with Crippen molar-refractivity contribution in [2.75, 3.05) is 5.32 Å². The zero-order valence-electron chi connectivity index (χ0n) is 15.7. The fraction of sp³-hybridized carbons (Fsp3) is 0. The van der Waals surface area contributed by atoms with E-state index in [1.54, 1.807) is 12.1 Å². The van der Waals surface area contributed by atoms with E-state index in [-0.39, 0.29) is 38.4 Å². The lowest BCUT2D eigenvalue weighted by Crippen LogP contribution is -2.14. The first-order valence-corrected chi connectivity index (χ1v) is 9.36. The molecular formula is C20H10Cl2N4O6. The standard InChI is InChI=1S/C20H10Cl2N4O6/c21-16-8-14(26(30)31)9-17(22)19(16)24-20(27)12(10-23)7-15-5-6-18(32-15)11-1-3-13(4-2-11)25(28)29/h1-9H,(H,24,27)/b12-7+. The van der Waals surface area contributed by atoms with Gasteiger partial charge < -0.3 is 9.73 Å². The van der Waals surface area contributed by atoms with Gasteiger partial charge in [-0.3, -0.25) is 25.0 Å². The topological polar surface area (TPSA) is 152 Å². The van der Waals surface area contributed by atoms with Gasteiger partial charge in [0, 0.05) is 35.9 Å². The van der Waals surface area contributed by atoms with Crippen LogP contribution < -0.4 is 5.32 Å². The molecule has 0 aliphatic heterocycles. The maximum absolute atomic E-state index is 12.5. The van der Waals surface area contributed by atoms with E-state index >= 15 is 0 Å². The Morgan fingerprint density at radius 1 is 1.00 bits per heavy atom. The third-order valence-electron chi connectivity index (χ3n) is 4.12. The number of amides is 1. The fourth-order valence-corrected chi connectivity index (χ4v) is 3.16. The number of hydrogen-bond donors (Lipinski definition) is 1. The van der Waals surface area contributed by atoms with Gasteiger partial charge in [0.2, 0.25) is 0 Å². The Morgan fingerprint density at radius 3 is 2.12 bits per heavy atom. The largest absolute Gasteiger partial charge is 0.457 e. The van der Waals surface area contributed by atoms with Crippen molar-refractivity contribution in [2.45, 2.75) is 0 Å². The van der Waals surface area contributed by atoms with E-state index in [1.807, 2.05) is 0 Å². The third-order valence-corrected chi connectivity index (χ3v) is 4.71. The summed E-state index contributed by atoms with van der Waals surface area (Å²) in [6.45, 7) is 0. The molecule has 0 radical (unpaired) electrons. The van der Waals surface area contributed by atoms with Crippen LogP contribution in [0, 0.1) is 31.6 Å². The Hall–Kier alpha value is -4.20. The van der Waals surface area contributed by atoms with Crippen molar-refractivity contribution in [1.29, 1.82) is 5.26 Å². The van der Waals surface area contributed by atoms with Crippen molar-refractivity contribution in [3.05, 3.63) is 90.1 Å². The van der Waals surface area contributed by atoms with Crippen LogP contribution in [0.3, 0.4) is 0 Å². The monoisotopic (exact) mass is 472 g/mol. The lowest BCUT2D eigenvalue weighted by molar-refractivity contribution is -0.385. The van der Waals surface area contributed by atoms with Crippen LogP contribution in [-0.4, -0.2) is 15.8 Å². The van der Waals surface area contributed by atoms with Crippen LogP contribution in [0.5, 0.6) is 0 Å². The Kier molecular flexibility index (Phi) is 6.53. The first-order valence-electron chi connectivity index (χ1n) is 8.61. The van der Waals surface area contributed by atoms with E-state index in [0.717, 1.165) is 12.1 Å². The minimum absolute atomic E-state index is 0.0765. The van der Waals surface area contributed by atoms with E-state index < -0.39 is 15.8 Å². The number of furan rings is 1. The zero-order chi connectivity index (χ0) is 23.4. The van der Waals surface area contributed by atoms with E-state index in [4.69, 9.17) is 27.6 Å². The molecule has 2 aromatic carbocycles. The second kappa shape index (κ2) is 9.30. The summed E-state index contributed by atoms with van der Waals surface area (Å²) in [5.74, 6) is -0.324. The van der Waals surface area contributed by atoms with Crippen molar-refractivity contribution in [2.24, 2.45) is 0 Å². The number of carbonyl (C=O) groups is 1. The second-order valence-electron chi connectivity index (χ2n) is 6.17. The maximum atomic E-state index is 12.5. The van der Waals surface area contributed by atoms with Crippen LogP contribution in [-0.2, 0) is 4.79 Å². The first-order chi connectivity index (χ1) is 15.2. The number of rotatable bonds is 6. The van der Waals surface area contributed by atoms with Gasteiger partial charge in [0.1, 0.15) is 23.2 Å². The van der Waals surface area contributed by atoms with Crippen LogP contribution in [0.25, 0.3) is 17.4 Å². The Balaban J connectivity index is 1.82. The Labute approximate surface area is 189 Å². The van der Waals surface area contributed by atoms with Gasteiger partial charge >= 0.3 is 0 Å². The van der Waals surface area contributed by atoms with Gasteiger partial charge in [-0.1, -0.05) is 23.2 Å². The van der Waals surface area contributed by atoms with E-state index in [1.165, 1.54) is 36.4 Å². The lowest BCUT2D eigenvalue weighted by Gasteiger charge is -2.08. The van der Waals surface area contributed by atoms with Crippen molar-refractivity contribution in [1.82, 2.24) is 0 Å². The normalized spacial score (nSPS) is 11.0. The number of carbonyl (C=O) groups excluding carboxylic acids is 1. The number of nitrogens with zero attached hydrogens (tertiary/aromatic N) is 3. The first kappa shape index (κ1) is 22.5. The van der Waals surface area contributed by atoms with Crippen molar-refractivity contribution in [3.8, 4) is 17.4 Å². The number of nitriles is 1. The predicted octanol–water partition coefficient (Wildman–Crippen LogP) is 5.62. The van der Waals surface area contributed by atoms with Gasteiger partial charge in [-0.05, 0) is 24.3 Å². The minimum Gasteiger partial charge on any atom is -0.457 e. The second-order valence-corrected chi connectivity index (χ2v) is 6.99. The molecule has 10 nitrogen and oxygen atoms in total. The molecule has 0 aliphatic rings. The molecule has 0 spiro atoms. The van der Waals surface area contributed by atoms with Gasteiger partial charge in [0.15, 0.2) is 0 Å². The SMILES string of the molecule is N#C/C(=C\c1ccc(-c2ccc([N+](=O)[O-])cc2)o1)C(=O)Nc1c(Cl)cc([N+](=O)[O-])cc1Cl. The van der Waals surface area contributed by atoms with E-state index in [0.29, 0.717) is 11.3 Å². The van der Waals surface area contributed by atoms with Crippen molar-refractivity contribution < 1.29 is 19.1 Å². The zero-order valence-corrected chi connectivity index (χ0v) is 17.3. The van der Waals surface area contributed by atoms with Crippen molar-refractivity contribution >= 4 is 52.2 Å². The van der Waals surface area contributed by atoms with Gasteiger partial charge in [-0.2, -0.15) is 5.26 Å². The third kappa shape index (κ3) is 4.92. The molecule has 1 N–H and O–H groups in total. The van der Waals surface area contributed by atoms with Crippen LogP contribution in [0.1, 0.15) is 5.76 Å². The number of non-ortho nitro benzene ring substituents is 2. The summed E-state index contributed by atoms with van der Waals surface area (Å²) in [4.78, 5) is 32.9. The summed E-state index contributed by atoms with van der Waals surface area (Å²) in [7, 11) is 0. The molecule has 0 saturated carbocycles. The summed E-state index contributed by atoms with van der Waals surface area (Å²) in [6, 6.07) is 12.5. The molecule has 1 heterocycles. The molecule has 3 aromatic rings. The number of hydrogen-bond acceptors (Lipinski definition) is 7. The molecular weight excluding hydrogens is 463 g/mol. The van der Waals surface area contributed by atoms with Gasteiger partial charge in [-0.15, -0.1) is 0 Å². The summed E-state index contributed by atoms with van der Waals surface area (Å²) in [5.41, 5.74) is -0.310. The van der Waals surface area contributed by atoms with E-state index in [9.17, 15) is 30.3 Å². The molecule has 0 atom stereocenters. The Bertz CT molecular complexity index is 1290. The molecule has 0 unspecified atom stereocenters. The van der Waals surface area contributed by atoms with Crippen LogP contribution in [0.15, 0.2) is 58.5 Å². The highest BCUT2D eigenvalue weighted by Gasteiger charge is 2.19. The lowest BCUT2D eigenvalue weighted by atomic mass is 10.1. The number of nitro benzene ring substituents is 2. The average molecular weight is 473 g/mol. The summed E-state index contributed by atoms with van der Waals surface area (Å²) >= 11 is 11.9. The summed E-state index contributed by atoms with van der Waals surface area (Å²) < 4.78 is 5.59. The molecule has 0 aliphatic carbocycles. The average Bonchev–Trinajstić information content (AvgIpc) is 3.22. The summed E-state index contributed by atoms with van der Waals surface area (Å²) in [5, 5.41) is 33.0. The molecule has 32 heavy (non-hydrogen) atoms. The number of anilines is 1. The molecule has 12 heteroatoms. The number of nitro groups is 2.